The topological polar surface area (TPSA) is 62.7 Å². The number of methoxy groups -OCH3 is 1. The van der Waals surface area contributed by atoms with Crippen molar-refractivity contribution in [3.8, 4) is 0 Å². The number of rotatable bonds is 4. The summed E-state index contributed by atoms with van der Waals surface area (Å²) in [5.41, 5.74) is 1.33. The number of amides is 1. The number of hydrogen-bond donors (Lipinski definition) is 2. The van der Waals surface area contributed by atoms with Crippen LogP contribution in [0.15, 0.2) is 29.3 Å². The molecule has 0 radical (unpaired) electrons. The quantitative estimate of drug-likeness (QED) is 0.793. The summed E-state index contributed by atoms with van der Waals surface area (Å²) < 4.78 is 4.93. The third-order valence-electron chi connectivity index (χ3n) is 3.25. The third kappa shape index (κ3) is 2.76. The van der Waals surface area contributed by atoms with Crippen LogP contribution in [-0.2, 0) is 15.1 Å². The Bertz CT molecular complexity index is 496. The van der Waals surface area contributed by atoms with Gasteiger partial charge in [-0.05, 0) is 19.4 Å². The number of nitrogens with one attached hydrogen (secondary N) is 2. The average Bonchev–Trinajstić information content (AvgIpc) is 2.67. The predicted molar refractivity (Wildman–Crippen MR) is 74.0 cm³/mol. The molecule has 1 aliphatic rings. The zero-order valence-corrected chi connectivity index (χ0v) is 11.5. The molecule has 0 saturated carbocycles. The van der Waals surface area contributed by atoms with Crippen molar-refractivity contribution < 1.29 is 9.53 Å². The molecule has 1 unspecified atom stereocenters. The predicted octanol–water partition coefficient (Wildman–Crippen LogP) is 0.932. The van der Waals surface area contributed by atoms with E-state index in [1.54, 1.807) is 7.11 Å². The lowest BCUT2D eigenvalue weighted by molar-refractivity contribution is -0.123. The van der Waals surface area contributed by atoms with Crippen LogP contribution in [0.5, 0.6) is 0 Å². The number of ether oxygens (including phenoxy) is 1. The van der Waals surface area contributed by atoms with Crippen molar-refractivity contribution in [2.45, 2.75) is 19.4 Å². The summed E-state index contributed by atoms with van der Waals surface area (Å²) in [5, 5.41) is 5.91. The van der Waals surface area contributed by atoms with Crippen LogP contribution in [-0.4, -0.2) is 32.1 Å². The van der Waals surface area contributed by atoms with Gasteiger partial charge in [-0.2, -0.15) is 0 Å². The first-order chi connectivity index (χ1) is 9.06. The van der Waals surface area contributed by atoms with E-state index in [0.717, 1.165) is 5.56 Å². The minimum Gasteiger partial charge on any atom is -0.383 e. The summed E-state index contributed by atoms with van der Waals surface area (Å²) >= 11 is 0. The fraction of sp³-hybridized carbons (Fsp3) is 0.429. The molecule has 1 atom stereocenters. The zero-order chi connectivity index (χ0) is 13.9. The van der Waals surface area contributed by atoms with E-state index in [1.807, 2.05) is 38.1 Å². The van der Waals surface area contributed by atoms with Crippen LogP contribution in [0.3, 0.4) is 0 Å². The first-order valence-corrected chi connectivity index (χ1v) is 6.26. The molecule has 102 valence electrons. The molecule has 1 aliphatic heterocycles. The number of guanidine groups is 1. The Hall–Kier alpha value is -1.88. The number of benzene rings is 1. The lowest BCUT2D eigenvalue weighted by Gasteiger charge is -2.21. The summed E-state index contributed by atoms with van der Waals surface area (Å²) in [4.78, 5) is 16.4. The molecule has 5 heteroatoms. The van der Waals surface area contributed by atoms with Crippen molar-refractivity contribution in [3.63, 3.8) is 0 Å². The number of aryl methyl sites for hydroxylation is 1. The summed E-state index contributed by atoms with van der Waals surface area (Å²) in [5.74, 6) is 0.414. The minimum atomic E-state index is -0.764. The lowest BCUT2D eigenvalue weighted by atomic mass is 9.92. The monoisotopic (exact) mass is 261 g/mol. The molecule has 0 aliphatic carbocycles. The molecule has 1 heterocycles. The van der Waals surface area contributed by atoms with Gasteiger partial charge in [0.05, 0.1) is 13.2 Å². The van der Waals surface area contributed by atoms with E-state index < -0.39 is 5.54 Å². The Balaban J connectivity index is 2.18. The summed E-state index contributed by atoms with van der Waals surface area (Å²) in [6, 6.07) is 7.91. The van der Waals surface area contributed by atoms with Crippen molar-refractivity contribution in [1.82, 2.24) is 10.6 Å². The fourth-order valence-corrected chi connectivity index (χ4v) is 1.98. The van der Waals surface area contributed by atoms with Crippen molar-refractivity contribution in [1.29, 1.82) is 0 Å². The first kappa shape index (κ1) is 13.5. The van der Waals surface area contributed by atoms with E-state index in [9.17, 15) is 4.79 Å². The molecule has 0 aromatic heterocycles. The molecule has 19 heavy (non-hydrogen) atoms. The Morgan fingerprint density at radius 3 is 2.63 bits per heavy atom. The maximum Gasteiger partial charge on any atom is 0.256 e. The highest BCUT2D eigenvalue weighted by Crippen LogP contribution is 2.24. The van der Waals surface area contributed by atoms with Gasteiger partial charge in [-0.25, -0.2) is 0 Å². The highest BCUT2D eigenvalue weighted by molar-refractivity contribution is 6.09. The molecule has 5 nitrogen and oxygen atoms in total. The number of hydrogen-bond acceptors (Lipinski definition) is 3. The van der Waals surface area contributed by atoms with Crippen LogP contribution >= 0.6 is 0 Å². The van der Waals surface area contributed by atoms with Crippen LogP contribution in [0.25, 0.3) is 0 Å². The molecule has 0 bridgehead atoms. The number of nitrogens with zero attached hydrogens (tertiary/aromatic N) is 1. The first-order valence-electron chi connectivity index (χ1n) is 6.26. The highest BCUT2D eigenvalue weighted by atomic mass is 16.5. The van der Waals surface area contributed by atoms with Crippen LogP contribution in [0.2, 0.25) is 0 Å². The van der Waals surface area contributed by atoms with Gasteiger partial charge in [0, 0.05) is 7.11 Å². The molecule has 1 amide bonds. The normalized spacial score (nSPS) is 24.4. The smallest absolute Gasteiger partial charge is 0.256 e. The Kier molecular flexibility index (Phi) is 3.85. The summed E-state index contributed by atoms with van der Waals surface area (Å²) in [7, 11) is 1.62. The number of carbonyl (C=O) groups is 1. The van der Waals surface area contributed by atoms with Crippen molar-refractivity contribution in [2.24, 2.45) is 4.99 Å². The second kappa shape index (κ2) is 5.40. The van der Waals surface area contributed by atoms with E-state index in [0.29, 0.717) is 19.1 Å². The van der Waals surface area contributed by atoms with Crippen LogP contribution in [0, 0.1) is 6.92 Å². The fourth-order valence-electron chi connectivity index (χ4n) is 1.98. The van der Waals surface area contributed by atoms with Gasteiger partial charge in [-0.15, -0.1) is 0 Å². The van der Waals surface area contributed by atoms with Gasteiger partial charge in [-0.3, -0.25) is 15.1 Å². The van der Waals surface area contributed by atoms with Crippen LogP contribution in [0.4, 0.5) is 0 Å². The Labute approximate surface area is 113 Å². The van der Waals surface area contributed by atoms with E-state index in [-0.39, 0.29) is 5.91 Å². The molecule has 2 N–H and O–H groups in total. The molecule has 2 rings (SSSR count). The van der Waals surface area contributed by atoms with Gasteiger partial charge in [-0.1, -0.05) is 29.8 Å². The maximum absolute atomic E-state index is 12.1. The van der Waals surface area contributed by atoms with Gasteiger partial charge in [0.1, 0.15) is 5.54 Å². The van der Waals surface area contributed by atoms with Crippen LogP contribution < -0.4 is 10.6 Å². The van der Waals surface area contributed by atoms with E-state index in [2.05, 4.69) is 15.6 Å². The van der Waals surface area contributed by atoms with Crippen molar-refractivity contribution in [2.75, 3.05) is 20.3 Å². The Morgan fingerprint density at radius 1 is 1.32 bits per heavy atom. The van der Waals surface area contributed by atoms with E-state index in [4.69, 9.17) is 4.74 Å². The molecule has 1 aromatic rings. The molecule has 1 fully saturated rings. The van der Waals surface area contributed by atoms with Gasteiger partial charge >= 0.3 is 0 Å². The second-order valence-electron chi connectivity index (χ2n) is 4.79. The summed E-state index contributed by atoms with van der Waals surface area (Å²) in [6.45, 7) is 4.92. The molecule has 0 spiro atoms. The molecular weight excluding hydrogens is 242 g/mol. The minimum absolute atomic E-state index is 0.0903. The zero-order valence-electron chi connectivity index (χ0n) is 11.5. The van der Waals surface area contributed by atoms with Gasteiger partial charge in [0.15, 0.2) is 5.96 Å². The van der Waals surface area contributed by atoms with Crippen molar-refractivity contribution in [3.05, 3.63) is 35.4 Å². The second-order valence-corrected chi connectivity index (χ2v) is 4.79. The maximum atomic E-state index is 12.1. The highest BCUT2D eigenvalue weighted by Gasteiger charge is 2.42. The van der Waals surface area contributed by atoms with Gasteiger partial charge < -0.3 is 10.1 Å². The number of carbonyl (C=O) groups excluding carboxylic acids is 1. The van der Waals surface area contributed by atoms with Gasteiger partial charge in [0.25, 0.3) is 5.91 Å². The SMILES string of the molecule is COCCN=C1NC(=O)C(C)(c2ccc(C)cc2)N1. The number of aliphatic imine (C=N–C) groups is 1. The van der Waals surface area contributed by atoms with Gasteiger partial charge in [0.2, 0.25) is 0 Å². The van der Waals surface area contributed by atoms with E-state index in [1.165, 1.54) is 5.56 Å². The largest absolute Gasteiger partial charge is 0.383 e. The van der Waals surface area contributed by atoms with Crippen LogP contribution in [0.1, 0.15) is 18.1 Å². The third-order valence-corrected chi connectivity index (χ3v) is 3.25. The summed E-state index contributed by atoms with van der Waals surface area (Å²) in [6.07, 6.45) is 0. The molecular formula is C14H19N3O2. The van der Waals surface area contributed by atoms with E-state index >= 15 is 0 Å². The molecule has 1 saturated heterocycles. The standard InChI is InChI=1S/C14H19N3O2/c1-10-4-6-11(7-5-10)14(2)12(18)16-13(17-14)15-8-9-19-3/h4-7H,8-9H2,1-3H3,(H2,15,16,17,18). The Morgan fingerprint density at radius 2 is 2.00 bits per heavy atom. The molecule has 1 aromatic carbocycles. The van der Waals surface area contributed by atoms with Crippen molar-refractivity contribution >= 4 is 11.9 Å². The average molecular weight is 261 g/mol. The lowest BCUT2D eigenvalue weighted by Crippen LogP contribution is -2.40.